The van der Waals surface area contributed by atoms with Crippen molar-refractivity contribution in [2.45, 2.75) is 44.6 Å². The van der Waals surface area contributed by atoms with Crippen molar-refractivity contribution in [2.75, 3.05) is 32.8 Å². The van der Waals surface area contributed by atoms with Gasteiger partial charge in [-0.3, -0.25) is 4.79 Å². The number of carbonyl (C=O) groups excluding carboxylic acids is 1. The van der Waals surface area contributed by atoms with Gasteiger partial charge in [0.05, 0.1) is 11.7 Å². The highest BCUT2D eigenvalue weighted by molar-refractivity contribution is 5.80. The van der Waals surface area contributed by atoms with Crippen molar-refractivity contribution in [1.82, 2.24) is 19.8 Å². The number of aromatic nitrogens is 2. The molecule has 4 atom stereocenters. The van der Waals surface area contributed by atoms with Gasteiger partial charge in [0.2, 0.25) is 0 Å². The van der Waals surface area contributed by atoms with Crippen molar-refractivity contribution >= 4 is 5.91 Å². The molecule has 2 aliphatic heterocycles. The highest BCUT2D eigenvalue weighted by atomic mass is 19.1. The zero-order valence-corrected chi connectivity index (χ0v) is 22.8. The SMILES string of the molecule is CC(O)C(=O)N(CC1CNCC1F)C(c1nc(-c2cc(F)ccc2F)cn1Cc1cccc(F)c1)C1CCOCC1. The topological polar surface area (TPSA) is 79.6 Å². The summed E-state index contributed by atoms with van der Waals surface area (Å²) in [5, 5.41) is 13.4. The summed E-state index contributed by atoms with van der Waals surface area (Å²) in [6.45, 7) is 2.92. The Morgan fingerprint density at radius 3 is 2.59 bits per heavy atom. The van der Waals surface area contributed by atoms with Crippen LogP contribution in [0.4, 0.5) is 17.6 Å². The molecule has 0 spiro atoms. The van der Waals surface area contributed by atoms with E-state index in [-0.39, 0.29) is 36.8 Å². The van der Waals surface area contributed by atoms with E-state index in [1.165, 1.54) is 24.0 Å². The molecule has 5 rings (SSSR count). The lowest BCUT2D eigenvalue weighted by Crippen LogP contribution is -2.48. The van der Waals surface area contributed by atoms with Crippen LogP contribution >= 0.6 is 0 Å². The maximum Gasteiger partial charge on any atom is 0.251 e. The molecule has 41 heavy (non-hydrogen) atoms. The number of halogens is 4. The van der Waals surface area contributed by atoms with Gasteiger partial charge in [0.25, 0.3) is 5.91 Å². The van der Waals surface area contributed by atoms with E-state index < -0.39 is 47.6 Å². The number of alkyl halides is 1. The first-order valence-electron chi connectivity index (χ1n) is 13.9. The molecule has 2 saturated heterocycles. The fraction of sp³-hybridized carbons (Fsp3) is 0.467. The van der Waals surface area contributed by atoms with Crippen molar-refractivity contribution in [2.24, 2.45) is 11.8 Å². The molecular formula is C30H34F4N4O3. The standard InChI is InChI=1S/C30H34F4N4O3/c1-18(39)30(40)38(16-21-13-35-14-26(21)34)28(20-7-9-41-10-8-20)29-36-27(24-12-23(32)5-6-25(24)33)17-37(29)15-19-3-2-4-22(31)11-19/h2-6,11-12,17-18,20-21,26,28,35,39H,7-10,13-16H2,1H3. The van der Waals surface area contributed by atoms with E-state index in [4.69, 9.17) is 9.72 Å². The molecule has 2 aliphatic rings. The second-order valence-corrected chi connectivity index (χ2v) is 10.9. The maximum atomic E-state index is 14.9. The Morgan fingerprint density at radius 1 is 1.15 bits per heavy atom. The first kappa shape index (κ1) is 29.2. The lowest BCUT2D eigenvalue weighted by molar-refractivity contribution is -0.145. The van der Waals surface area contributed by atoms with Gasteiger partial charge in [-0.05, 0) is 61.6 Å². The number of rotatable bonds is 9. The molecule has 0 saturated carbocycles. The molecule has 0 bridgehead atoms. The fourth-order valence-corrected chi connectivity index (χ4v) is 5.80. The van der Waals surface area contributed by atoms with Crippen LogP contribution in [0.3, 0.4) is 0 Å². The van der Waals surface area contributed by atoms with Crippen molar-refractivity contribution < 1.29 is 32.2 Å². The molecule has 2 N–H and O–H groups in total. The van der Waals surface area contributed by atoms with Gasteiger partial charge >= 0.3 is 0 Å². The van der Waals surface area contributed by atoms with E-state index in [9.17, 15) is 27.5 Å². The lowest BCUT2D eigenvalue weighted by Gasteiger charge is -2.40. The molecule has 3 aromatic rings. The zero-order valence-electron chi connectivity index (χ0n) is 22.8. The second kappa shape index (κ2) is 12.7. The smallest absolute Gasteiger partial charge is 0.251 e. The van der Waals surface area contributed by atoms with E-state index >= 15 is 0 Å². The molecule has 2 aromatic carbocycles. The third kappa shape index (κ3) is 6.63. The molecule has 220 valence electrons. The van der Waals surface area contributed by atoms with Crippen molar-refractivity contribution in [3.05, 3.63) is 77.5 Å². The van der Waals surface area contributed by atoms with Crippen LogP contribution in [-0.2, 0) is 16.1 Å². The van der Waals surface area contributed by atoms with Crippen LogP contribution in [0.1, 0.15) is 37.2 Å². The summed E-state index contributed by atoms with van der Waals surface area (Å²) in [5.41, 5.74) is 0.672. The van der Waals surface area contributed by atoms with Gasteiger partial charge in [-0.25, -0.2) is 22.5 Å². The summed E-state index contributed by atoms with van der Waals surface area (Å²) < 4.78 is 65.3. The number of hydrogen-bond acceptors (Lipinski definition) is 5. The first-order chi connectivity index (χ1) is 19.7. The summed E-state index contributed by atoms with van der Waals surface area (Å²) >= 11 is 0. The van der Waals surface area contributed by atoms with Crippen LogP contribution < -0.4 is 5.32 Å². The number of carbonyl (C=O) groups is 1. The van der Waals surface area contributed by atoms with Crippen molar-refractivity contribution in [1.29, 1.82) is 0 Å². The van der Waals surface area contributed by atoms with Crippen LogP contribution in [0.2, 0.25) is 0 Å². The number of hydrogen-bond donors (Lipinski definition) is 2. The summed E-state index contributed by atoms with van der Waals surface area (Å²) in [6.07, 6.45) is 0.138. The molecule has 0 radical (unpaired) electrons. The average Bonchev–Trinajstić information content (AvgIpc) is 3.55. The zero-order chi connectivity index (χ0) is 29.1. The van der Waals surface area contributed by atoms with Crippen molar-refractivity contribution in [3.63, 3.8) is 0 Å². The molecule has 0 aliphatic carbocycles. The van der Waals surface area contributed by atoms with Crippen LogP contribution in [-0.4, -0.2) is 70.6 Å². The van der Waals surface area contributed by atoms with E-state index in [2.05, 4.69) is 5.32 Å². The number of nitrogens with zero attached hydrogens (tertiary/aromatic N) is 3. The summed E-state index contributed by atoms with van der Waals surface area (Å²) in [5.74, 6) is -2.67. The Kier molecular flexibility index (Phi) is 9.06. The predicted octanol–water partition coefficient (Wildman–Crippen LogP) is 4.25. The second-order valence-electron chi connectivity index (χ2n) is 10.9. The number of amides is 1. The Balaban J connectivity index is 1.66. The van der Waals surface area contributed by atoms with E-state index in [1.54, 1.807) is 22.9 Å². The first-order valence-corrected chi connectivity index (χ1v) is 13.9. The minimum absolute atomic E-state index is 0.0242. The Morgan fingerprint density at radius 2 is 1.90 bits per heavy atom. The number of imidazole rings is 1. The molecule has 3 heterocycles. The molecule has 4 unspecified atom stereocenters. The number of aliphatic hydroxyl groups is 1. The van der Waals surface area contributed by atoms with Gasteiger partial charge in [0.15, 0.2) is 0 Å². The van der Waals surface area contributed by atoms with Crippen LogP contribution in [0.25, 0.3) is 11.3 Å². The van der Waals surface area contributed by atoms with Crippen molar-refractivity contribution in [3.8, 4) is 11.3 Å². The lowest BCUT2D eigenvalue weighted by atomic mass is 9.88. The number of aliphatic hydroxyl groups excluding tert-OH is 1. The Hall–Kier alpha value is -3.28. The minimum Gasteiger partial charge on any atom is -0.384 e. The van der Waals surface area contributed by atoms with Crippen LogP contribution in [0, 0.1) is 29.3 Å². The third-order valence-electron chi connectivity index (χ3n) is 7.90. The molecule has 2 fully saturated rings. The monoisotopic (exact) mass is 574 g/mol. The molecule has 1 amide bonds. The van der Waals surface area contributed by atoms with E-state index in [1.807, 2.05) is 0 Å². The summed E-state index contributed by atoms with van der Waals surface area (Å²) in [7, 11) is 0. The molecule has 11 heteroatoms. The predicted molar refractivity (Wildman–Crippen MR) is 144 cm³/mol. The van der Waals surface area contributed by atoms with Gasteiger partial charge < -0.3 is 24.6 Å². The highest BCUT2D eigenvalue weighted by Gasteiger charge is 2.41. The number of nitrogens with one attached hydrogen (secondary N) is 1. The summed E-state index contributed by atoms with van der Waals surface area (Å²) in [4.78, 5) is 19.8. The Labute approximate surface area is 236 Å². The van der Waals surface area contributed by atoms with Gasteiger partial charge in [-0.1, -0.05) is 12.1 Å². The normalized spacial score (nSPS) is 21.1. The molecule has 7 nitrogen and oxygen atoms in total. The van der Waals surface area contributed by atoms with E-state index in [0.29, 0.717) is 44.0 Å². The van der Waals surface area contributed by atoms with Gasteiger partial charge in [-0.2, -0.15) is 0 Å². The summed E-state index contributed by atoms with van der Waals surface area (Å²) in [6, 6.07) is 8.33. The van der Waals surface area contributed by atoms with E-state index in [0.717, 1.165) is 18.2 Å². The third-order valence-corrected chi connectivity index (χ3v) is 7.90. The maximum absolute atomic E-state index is 14.9. The Bertz CT molecular complexity index is 1360. The van der Waals surface area contributed by atoms with Gasteiger partial charge in [0, 0.05) is 57.1 Å². The van der Waals surface area contributed by atoms with Crippen LogP contribution in [0.5, 0.6) is 0 Å². The largest absolute Gasteiger partial charge is 0.384 e. The molecule has 1 aromatic heterocycles. The fourth-order valence-electron chi connectivity index (χ4n) is 5.80. The van der Waals surface area contributed by atoms with Crippen LogP contribution in [0.15, 0.2) is 48.7 Å². The minimum atomic E-state index is -1.36. The molecular weight excluding hydrogens is 540 g/mol. The average molecular weight is 575 g/mol. The highest BCUT2D eigenvalue weighted by Crippen LogP contribution is 2.38. The van der Waals surface area contributed by atoms with Gasteiger partial charge in [0.1, 0.15) is 35.6 Å². The quantitative estimate of drug-likeness (QED) is 0.374. The van der Waals surface area contributed by atoms with Gasteiger partial charge in [-0.15, -0.1) is 0 Å². The number of ether oxygens (including phenoxy) is 1. The number of benzene rings is 2.